The molecular weight excluding hydrogens is 543 g/mol. The van der Waals surface area contributed by atoms with Crippen molar-refractivity contribution in [3.63, 3.8) is 0 Å². The number of nitrogens with one attached hydrogen (secondary N) is 2. The molecule has 1 aromatic carbocycles. The Morgan fingerprint density at radius 1 is 1.03 bits per heavy atom. The second kappa shape index (κ2) is 8.80. The summed E-state index contributed by atoms with van der Waals surface area (Å²) >= 11 is 1.23. The molecule has 194 valence electrons. The molecular formula is C22H27N3O7S3Si. The fourth-order valence-electron chi connectivity index (χ4n) is 3.96. The summed E-state index contributed by atoms with van der Waals surface area (Å²) in [6, 6.07) is 8.02. The van der Waals surface area contributed by atoms with Gasteiger partial charge in [0.25, 0.3) is 4.27 Å². The summed E-state index contributed by atoms with van der Waals surface area (Å²) in [6.45, 7) is 5.66. The predicted molar refractivity (Wildman–Crippen MR) is 143 cm³/mol. The maximum absolute atomic E-state index is 13.0. The molecule has 3 aromatic heterocycles. The summed E-state index contributed by atoms with van der Waals surface area (Å²) in [5, 5.41) is 7.48. The topological polar surface area (TPSA) is 148 Å². The largest absolute Gasteiger partial charge is 0.465 e. The lowest BCUT2D eigenvalue weighted by Crippen LogP contribution is -2.46. The summed E-state index contributed by atoms with van der Waals surface area (Å²) < 4.78 is 61.1. The zero-order valence-corrected chi connectivity index (χ0v) is 24.5. The predicted octanol–water partition coefficient (Wildman–Crippen LogP) is 3.08. The second-order valence-corrected chi connectivity index (χ2v) is 18.1. The van der Waals surface area contributed by atoms with E-state index in [1.807, 2.05) is 20.8 Å². The van der Waals surface area contributed by atoms with Crippen LogP contribution in [0.5, 0.6) is 0 Å². The van der Waals surface area contributed by atoms with Gasteiger partial charge in [-0.05, 0) is 29.3 Å². The highest BCUT2D eigenvalue weighted by Crippen LogP contribution is 2.41. The Bertz CT molecular complexity index is 1660. The van der Waals surface area contributed by atoms with Crippen LogP contribution in [0, 0.1) is 0 Å². The third kappa shape index (κ3) is 4.51. The molecule has 2 N–H and O–H groups in total. The van der Waals surface area contributed by atoms with Gasteiger partial charge >= 0.3 is 5.97 Å². The molecule has 0 saturated heterocycles. The number of aromatic nitrogens is 3. The molecule has 0 fully saturated rings. The lowest BCUT2D eigenvalue weighted by atomic mass is 10.1. The van der Waals surface area contributed by atoms with Crippen LogP contribution in [0.15, 0.2) is 30.3 Å². The van der Waals surface area contributed by atoms with Crippen LogP contribution < -0.4 is 0 Å². The van der Waals surface area contributed by atoms with Crippen molar-refractivity contribution in [2.45, 2.75) is 30.1 Å². The molecule has 0 aliphatic rings. The maximum atomic E-state index is 13.0. The monoisotopic (exact) mass is 569 g/mol. The van der Waals surface area contributed by atoms with Gasteiger partial charge in [-0.2, -0.15) is 5.10 Å². The maximum Gasteiger partial charge on any atom is 0.348 e. The Kier molecular flexibility index (Phi) is 6.49. The molecule has 14 heteroatoms. The number of fused-ring (bicyclic) bond motifs is 2. The number of sulfone groups is 2. The van der Waals surface area contributed by atoms with Crippen molar-refractivity contribution in [2.75, 3.05) is 19.6 Å². The molecule has 0 radical (unpaired) electrons. The zero-order valence-electron chi connectivity index (χ0n) is 20.6. The number of carbonyl (C=O) groups is 1. The first-order valence-electron chi connectivity index (χ1n) is 10.8. The van der Waals surface area contributed by atoms with E-state index in [0.717, 1.165) is 17.2 Å². The van der Waals surface area contributed by atoms with Crippen molar-refractivity contribution < 1.29 is 30.8 Å². The van der Waals surface area contributed by atoms with Crippen LogP contribution in [0.1, 0.15) is 36.0 Å². The number of aromatic amines is 2. The number of H-pyrrole nitrogens is 2. The normalized spacial score (nSPS) is 13.8. The molecule has 0 spiro atoms. The second-order valence-electron chi connectivity index (χ2n) is 9.85. The van der Waals surface area contributed by atoms with Crippen molar-refractivity contribution in [3.8, 4) is 11.4 Å². The van der Waals surface area contributed by atoms with Crippen LogP contribution in [0.3, 0.4) is 0 Å². The third-order valence-corrected chi connectivity index (χ3v) is 13.0. The van der Waals surface area contributed by atoms with E-state index in [1.165, 1.54) is 30.6 Å². The highest BCUT2D eigenvalue weighted by atomic mass is 32.3. The minimum Gasteiger partial charge on any atom is -0.465 e. The number of thiophene rings is 1. The third-order valence-electron chi connectivity index (χ3n) is 5.52. The van der Waals surface area contributed by atoms with Crippen molar-refractivity contribution >= 4 is 67.9 Å². The number of hydrogen-bond acceptors (Lipinski definition) is 9. The molecule has 3 heterocycles. The lowest BCUT2D eigenvalue weighted by molar-refractivity contribution is 0.0606. The van der Waals surface area contributed by atoms with Crippen LogP contribution in [-0.4, -0.2) is 67.4 Å². The standard InChI is InChI=1S/C22H27N3O7S3Si/c1-21(2,3)36-32-22(34(5,27)28,35(6,29)30)13-7-8-14-12(9-13)10-15(23-14)18-19-16(24-25-18)11-17(33-19)20(26)31-4/h7-11,23H,36H2,1-6H3,(H,24,25). The number of esters is 1. The van der Waals surface area contributed by atoms with Gasteiger partial charge in [-0.3, -0.25) is 5.10 Å². The minimum atomic E-state index is -4.25. The molecule has 4 rings (SSSR count). The number of ether oxygens (including phenoxy) is 1. The average Bonchev–Trinajstić information content (AvgIpc) is 3.43. The average molecular weight is 570 g/mol. The molecule has 0 amide bonds. The first-order valence-corrected chi connectivity index (χ1v) is 16.7. The van der Waals surface area contributed by atoms with Crippen LogP contribution in [0.25, 0.3) is 32.5 Å². The fourth-order valence-corrected chi connectivity index (χ4v) is 11.2. The fraction of sp³-hybridized carbons (Fsp3) is 0.364. The first kappa shape index (κ1) is 26.5. The summed E-state index contributed by atoms with van der Waals surface area (Å²) in [6.07, 6.45) is 1.77. The van der Waals surface area contributed by atoms with Crippen molar-refractivity contribution in [1.82, 2.24) is 15.2 Å². The molecule has 0 atom stereocenters. The molecule has 0 aliphatic heterocycles. The van der Waals surface area contributed by atoms with E-state index in [4.69, 9.17) is 9.16 Å². The Labute approximate surface area is 215 Å². The molecule has 0 bridgehead atoms. The first-order chi connectivity index (χ1) is 16.6. The summed E-state index contributed by atoms with van der Waals surface area (Å²) in [5.41, 5.74) is 2.53. The van der Waals surface area contributed by atoms with E-state index in [2.05, 4.69) is 15.2 Å². The van der Waals surface area contributed by atoms with E-state index >= 15 is 0 Å². The van der Waals surface area contributed by atoms with Crippen molar-refractivity contribution in [1.29, 1.82) is 0 Å². The van der Waals surface area contributed by atoms with Gasteiger partial charge in [-0.25, -0.2) is 21.6 Å². The smallest absolute Gasteiger partial charge is 0.348 e. The van der Waals surface area contributed by atoms with E-state index in [9.17, 15) is 21.6 Å². The summed E-state index contributed by atoms with van der Waals surface area (Å²) in [4.78, 5) is 15.6. The van der Waals surface area contributed by atoms with Crippen LogP contribution >= 0.6 is 11.3 Å². The Balaban J connectivity index is 1.87. The molecule has 0 unspecified atom stereocenters. The molecule has 10 nitrogen and oxygen atoms in total. The number of nitrogens with zero attached hydrogens (tertiary/aromatic N) is 1. The van der Waals surface area contributed by atoms with Crippen LogP contribution in [-0.2, 0) is 33.1 Å². The lowest BCUT2D eigenvalue weighted by Gasteiger charge is -2.33. The van der Waals surface area contributed by atoms with E-state index < -0.39 is 39.7 Å². The zero-order chi connectivity index (χ0) is 26.7. The highest BCUT2D eigenvalue weighted by Gasteiger charge is 2.53. The van der Waals surface area contributed by atoms with Crippen LogP contribution in [0.4, 0.5) is 0 Å². The summed E-state index contributed by atoms with van der Waals surface area (Å²) in [5.74, 6) is -0.450. The van der Waals surface area contributed by atoms with E-state index in [0.29, 0.717) is 32.7 Å². The van der Waals surface area contributed by atoms with E-state index in [-0.39, 0.29) is 10.6 Å². The molecule has 0 saturated carbocycles. The SMILES string of the molecule is COC(=O)c1cc2[nH]nc(-c3cc4cc(C(O[SiH2]C(C)(C)C)(S(C)(=O)=O)S(C)(=O)=O)ccc4[nH]3)c2s1. The number of methoxy groups -OCH3 is 1. The van der Waals surface area contributed by atoms with Gasteiger partial charge in [-0.1, -0.05) is 26.8 Å². The number of hydrogen-bond donors (Lipinski definition) is 2. The van der Waals surface area contributed by atoms with Crippen molar-refractivity contribution in [3.05, 3.63) is 40.8 Å². The Hall–Kier alpha value is -2.52. The van der Waals surface area contributed by atoms with Gasteiger partial charge in [0.2, 0.25) is 0 Å². The number of benzene rings is 1. The van der Waals surface area contributed by atoms with E-state index in [1.54, 1.807) is 18.2 Å². The van der Waals surface area contributed by atoms with Gasteiger partial charge in [0.1, 0.15) is 10.6 Å². The quantitative estimate of drug-likeness (QED) is 0.255. The minimum absolute atomic E-state index is 0.0265. The van der Waals surface area contributed by atoms with Crippen molar-refractivity contribution in [2.24, 2.45) is 0 Å². The molecule has 4 aromatic rings. The summed E-state index contributed by atoms with van der Waals surface area (Å²) in [7, 11) is -8.77. The van der Waals surface area contributed by atoms with Gasteiger partial charge < -0.3 is 14.1 Å². The molecule has 0 aliphatic carbocycles. The van der Waals surface area contributed by atoms with Crippen LogP contribution in [0.2, 0.25) is 5.04 Å². The number of carbonyl (C=O) groups excluding carboxylic acids is 1. The Morgan fingerprint density at radius 3 is 2.28 bits per heavy atom. The van der Waals surface area contributed by atoms with Gasteiger partial charge in [0.05, 0.1) is 23.0 Å². The van der Waals surface area contributed by atoms with Gasteiger partial charge in [0, 0.05) is 29.0 Å². The number of rotatable bonds is 7. The highest BCUT2D eigenvalue weighted by molar-refractivity contribution is 8.08. The van der Waals surface area contributed by atoms with Gasteiger partial charge in [-0.15, -0.1) is 11.3 Å². The van der Waals surface area contributed by atoms with Gasteiger partial charge in [0.15, 0.2) is 29.4 Å². The Morgan fingerprint density at radius 2 is 1.69 bits per heavy atom. The molecule has 36 heavy (non-hydrogen) atoms.